The van der Waals surface area contributed by atoms with E-state index in [-0.39, 0.29) is 17.2 Å². The lowest BCUT2D eigenvalue weighted by atomic mass is 10.3. The molecule has 3 atom stereocenters. The van der Waals surface area contributed by atoms with Crippen LogP contribution >= 0.6 is 67.8 Å². The zero-order valence-electron chi connectivity index (χ0n) is 20.2. The zero-order valence-corrected chi connectivity index (χ0v) is 27.4. The molecule has 0 bridgehead atoms. The molecule has 0 fully saturated rings. The van der Waals surface area contributed by atoms with Crippen molar-refractivity contribution < 1.29 is 28.6 Å². The van der Waals surface area contributed by atoms with Crippen LogP contribution in [-0.4, -0.2) is 29.7 Å². The van der Waals surface area contributed by atoms with Crippen LogP contribution in [0, 0.1) is 0 Å². The van der Waals surface area contributed by atoms with Crippen LogP contribution in [0.25, 0.3) is 0 Å². The van der Waals surface area contributed by atoms with E-state index < -0.39 is 40.6 Å². The molecular weight excluding hydrogens is 833 g/mol. The van der Waals surface area contributed by atoms with Gasteiger partial charge in [-0.15, -0.1) is 0 Å². The standard InChI is InChI=1S/C27H24I3O6S/c1-16(28)25(31)34-19-14-22(35-26(32)17(2)29)24(23(15-19)36-27(33)18(3)30)37(20-10-6-4-7-11-20)21-12-8-5-9-13-21/h4-18H,1-3H3/q+1. The number of alkyl halides is 3. The summed E-state index contributed by atoms with van der Waals surface area (Å²) >= 11 is 5.91. The van der Waals surface area contributed by atoms with Gasteiger partial charge < -0.3 is 14.2 Å². The molecule has 0 aliphatic heterocycles. The van der Waals surface area contributed by atoms with Crippen LogP contribution in [0.2, 0.25) is 0 Å². The van der Waals surface area contributed by atoms with Crippen molar-refractivity contribution >= 4 is 96.6 Å². The highest BCUT2D eigenvalue weighted by atomic mass is 127. The van der Waals surface area contributed by atoms with Gasteiger partial charge in [0.2, 0.25) is 0 Å². The average Bonchev–Trinajstić information content (AvgIpc) is 2.86. The van der Waals surface area contributed by atoms with Crippen LogP contribution in [-0.2, 0) is 25.3 Å². The largest absolute Gasteiger partial charge is 0.425 e. The van der Waals surface area contributed by atoms with Gasteiger partial charge in [0.15, 0.2) is 21.3 Å². The summed E-state index contributed by atoms with van der Waals surface area (Å²) < 4.78 is 16.0. The van der Waals surface area contributed by atoms with Gasteiger partial charge in [-0.05, 0) is 45.0 Å². The predicted molar refractivity (Wildman–Crippen MR) is 169 cm³/mol. The Labute approximate surface area is 260 Å². The minimum atomic E-state index is -0.828. The van der Waals surface area contributed by atoms with Crippen molar-refractivity contribution in [2.75, 3.05) is 0 Å². The molecule has 0 saturated carbocycles. The van der Waals surface area contributed by atoms with E-state index in [0.29, 0.717) is 4.90 Å². The van der Waals surface area contributed by atoms with E-state index in [2.05, 4.69) is 0 Å². The number of rotatable bonds is 9. The molecule has 10 heteroatoms. The first-order valence-corrected chi connectivity index (χ1v) is 16.1. The number of hydrogen-bond acceptors (Lipinski definition) is 6. The highest BCUT2D eigenvalue weighted by molar-refractivity contribution is 14.1. The third kappa shape index (κ3) is 8.30. The Balaban J connectivity index is 2.34. The molecule has 0 spiro atoms. The van der Waals surface area contributed by atoms with Crippen LogP contribution in [0.4, 0.5) is 0 Å². The zero-order chi connectivity index (χ0) is 27.1. The van der Waals surface area contributed by atoms with Gasteiger partial charge in [-0.3, -0.25) is 14.4 Å². The summed E-state index contributed by atoms with van der Waals surface area (Å²) in [6, 6.07) is 22.5. The number of esters is 3. The second-order valence-electron chi connectivity index (χ2n) is 7.79. The number of ether oxygens (including phenoxy) is 3. The molecule has 0 aliphatic rings. The summed E-state index contributed by atoms with van der Waals surface area (Å²) in [7, 11) is -0.828. The summed E-state index contributed by atoms with van der Waals surface area (Å²) in [6.07, 6.45) is 0. The summed E-state index contributed by atoms with van der Waals surface area (Å²) in [4.78, 5) is 40.4. The van der Waals surface area contributed by atoms with Crippen LogP contribution in [0.3, 0.4) is 0 Å². The van der Waals surface area contributed by atoms with Gasteiger partial charge in [-0.2, -0.15) is 0 Å². The molecule has 3 unspecified atom stereocenters. The second-order valence-corrected chi connectivity index (χ2v) is 15.4. The van der Waals surface area contributed by atoms with Gasteiger partial charge in [0.1, 0.15) is 28.4 Å². The number of halogens is 3. The lowest BCUT2D eigenvalue weighted by molar-refractivity contribution is -0.133. The minimum Gasteiger partial charge on any atom is -0.425 e. The molecule has 0 amide bonds. The van der Waals surface area contributed by atoms with Gasteiger partial charge in [0.05, 0.1) is 0 Å². The molecule has 0 aliphatic carbocycles. The number of carbonyl (C=O) groups is 3. The predicted octanol–water partition coefficient (Wildman–Crippen LogP) is 6.97. The molecule has 3 rings (SSSR count). The van der Waals surface area contributed by atoms with Crippen LogP contribution in [0.5, 0.6) is 17.2 Å². The number of benzene rings is 3. The average molecular weight is 857 g/mol. The van der Waals surface area contributed by atoms with Gasteiger partial charge in [-0.1, -0.05) is 104 Å². The molecule has 37 heavy (non-hydrogen) atoms. The first-order valence-electron chi connectivity index (χ1n) is 11.2. The highest BCUT2D eigenvalue weighted by Gasteiger charge is 2.39. The first kappa shape index (κ1) is 30.2. The monoisotopic (exact) mass is 857 g/mol. The van der Waals surface area contributed by atoms with Crippen molar-refractivity contribution in [2.45, 2.75) is 47.2 Å². The fraction of sp³-hybridized carbons (Fsp3) is 0.222. The van der Waals surface area contributed by atoms with Gasteiger partial charge in [-0.25, -0.2) is 0 Å². The smallest absolute Gasteiger partial charge is 0.324 e. The molecular formula is C27H24I3O6S+. The topological polar surface area (TPSA) is 78.9 Å². The lowest BCUT2D eigenvalue weighted by Gasteiger charge is -2.18. The molecule has 3 aromatic rings. The van der Waals surface area contributed by atoms with Crippen LogP contribution in [0.15, 0.2) is 87.5 Å². The molecule has 0 heterocycles. The quantitative estimate of drug-likeness (QED) is 0.0762. The van der Waals surface area contributed by atoms with Gasteiger partial charge in [0, 0.05) is 12.1 Å². The molecule has 6 nitrogen and oxygen atoms in total. The van der Waals surface area contributed by atoms with E-state index in [1.165, 1.54) is 12.1 Å². The Bertz CT molecular complexity index is 1170. The molecule has 3 aromatic carbocycles. The van der Waals surface area contributed by atoms with Gasteiger partial charge in [0.25, 0.3) is 4.90 Å². The van der Waals surface area contributed by atoms with E-state index in [0.717, 1.165) is 9.79 Å². The number of hydrogen-bond donors (Lipinski definition) is 0. The molecule has 0 radical (unpaired) electrons. The minimum absolute atomic E-state index is 0.120. The first-order chi connectivity index (χ1) is 17.6. The Hall–Kier alpha value is -1.39. The third-order valence-electron chi connectivity index (χ3n) is 4.77. The molecule has 194 valence electrons. The SMILES string of the molecule is CC(I)C(=O)Oc1cc(OC(=O)C(C)I)c([S+](c2ccccc2)c2ccccc2)c(OC(=O)C(C)I)c1. The maximum atomic E-state index is 12.8. The Morgan fingerprint density at radius 2 is 0.973 bits per heavy atom. The molecule has 0 aromatic heterocycles. The van der Waals surface area contributed by atoms with Crippen LogP contribution in [0.1, 0.15) is 20.8 Å². The summed E-state index contributed by atoms with van der Waals surface area (Å²) in [6.45, 7) is 5.14. The fourth-order valence-electron chi connectivity index (χ4n) is 3.03. The Kier molecular flexibility index (Phi) is 11.5. The Morgan fingerprint density at radius 3 is 1.32 bits per heavy atom. The second kappa shape index (κ2) is 14.1. The third-order valence-corrected chi connectivity index (χ3v) is 8.59. The summed E-state index contributed by atoms with van der Waals surface area (Å²) in [5.74, 6) is -0.972. The van der Waals surface area contributed by atoms with Crippen molar-refractivity contribution in [1.82, 2.24) is 0 Å². The van der Waals surface area contributed by atoms with Crippen molar-refractivity contribution in [2.24, 2.45) is 0 Å². The number of carbonyl (C=O) groups excluding carboxylic acids is 3. The normalized spacial score (nSPS) is 13.4. The van der Waals surface area contributed by atoms with Crippen molar-refractivity contribution in [3.8, 4) is 17.2 Å². The maximum Gasteiger partial charge on any atom is 0.324 e. The van der Waals surface area contributed by atoms with E-state index >= 15 is 0 Å². The Morgan fingerprint density at radius 1 is 0.622 bits per heavy atom. The van der Waals surface area contributed by atoms with E-state index in [1.807, 2.05) is 128 Å². The van der Waals surface area contributed by atoms with E-state index in [1.54, 1.807) is 20.8 Å². The van der Waals surface area contributed by atoms with Crippen molar-refractivity contribution in [3.05, 3.63) is 72.8 Å². The summed E-state index contributed by atoms with van der Waals surface area (Å²) in [5, 5.41) is 0. The van der Waals surface area contributed by atoms with E-state index in [9.17, 15) is 14.4 Å². The molecule has 0 saturated heterocycles. The van der Waals surface area contributed by atoms with Crippen LogP contribution < -0.4 is 14.2 Å². The molecule has 0 N–H and O–H groups in total. The van der Waals surface area contributed by atoms with Crippen molar-refractivity contribution in [3.63, 3.8) is 0 Å². The van der Waals surface area contributed by atoms with Gasteiger partial charge >= 0.3 is 17.9 Å². The summed E-state index contributed by atoms with van der Waals surface area (Å²) in [5.41, 5.74) is 0. The highest BCUT2D eigenvalue weighted by Crippen LogP contribution is 2.45. The lowest BCUT2D eigenvalue weighted by Crippen LogP contribution is -2.22. The fourth-order valence-corrected chi connectivity index (χ4v) is 5.61. The van der Waals surface area contributed by atoms with E-state index in [4.69, 9.17) is 14.2 Å². The maximum absolute atomic E-state index is 12.8. The van der Waals surface area contributed by atoms with Crippen molar-refractivity contribution in [1.29, 1.82) is 0 Å².